The van der Waals surface area contributed by atoms with Crippen molar-refractivity contribution in [3.63, 3.8) is 0 Å². The smallest absolute Gasteiger partial charge is 0.223 e. The number of aromatic nitrogens is 2. The predicted molar refractivity (Wildman–Crippen MR) is 82.4 cm³/mol. The van der Waals surface area contributed by atoms with Crippen LogP contribution in [-0.2, 0) is 11.3 Å². The Morgan fingerprint density at radius 1 is 1.45 bits per heavy atom. The summed E-state index contributed by atoms with van der Waals surface area (Å²) in [6.45, 7) is 7.68. The van der Waals surface area contributed by atoms with E-state index in [0.717, 1.165) is 19.0 Å². The van der Waals surface area contributed by atoms with Crippen LogP contribution in [0.25, 0.3) is 0 Å². The number of nitrogens with one attached hydrogen (secondary N) is 2. The molecule has 2 heterocycles. The van der Waals surface area contributed by atoms with E-state index in [-0.39, 0.29) is 5.41 Å². The van der Waals surface area contributed by atoms with Crippen LogP contribution in [0, 0.1) is 18.3 Å². The minimum atomic E-state index is 0.117. The van der Waals surface area contributed by atoms with Gasteiger partial charge in [0.25, 0.3) is 0 Å². The van der Waals surface area contributed by atoms with Crippen molar-refractivity contribution < 1.29 is 9.26 Å². The molecule has 0 spiro atoms. The van der Waals surface area contributed by atoms with Gasteiger partial charge in [0.05, 0.1) is 12.6 Å². The zero-order chi connectivity index (χ0) is 15.7. The third-order valence-corrected chi connectivity index (χ3v) is 4.83. The number of fused-ring (bicyclic) bond motifs is 1. The van der Waals surface area contributed by atoms with Gasteiger partial charge >= 0.3 is 0 Å². The Morgan fingerprint density at radius 2 is 2.27 bits per heavy atom. The number of hydrogen-bond acceptors (Lipinski definition) is 5. The molecule has 3 atom stereocenters. The number of nitrogens with zero attached hydrogens (tertiary/aromatic N) is 3. The predicted octanol–water partition coefficient (Wildman–Crippen LogP) is 1.25. The van der Waals surface area contributed by atoms with Crippen LogP contribution in [0.3, 0.4) is 0 Å². The Kier molecular flexibility index (Phi) is 4.08. The number of rotatable bonds is 3. The molecule has 1 saturated carbocycles. The SMILES string of the molecule is CN=C(NCc1noc(C)n1)NC1C2CCCOC2C1(C)C. The Balaban J connectivity index is 1.58. The molecule has 7 nitrogen and oxygen atoms in total. The van der Waals surface area contributed by atoms with Crippen molar-refractivity contribution in [1.29, 1.82) is 0 Å². The Bertz CT molecular complexity index is 554. The van der Waals surface area contributed by atoms with E-state index in [4.69, 9.17) is 9.26 Å². The lowest BCUT2D eigenvalue weighted by Gasteiger charge is -2.60. The number of hydrogen-bond donors (Lipinski definition) is 2. The third kappa shape index (κ3) is 2.69. The minimum absolute atomic E-state index is 0.117. The molecular formula is C15H25N5O2. The van der Waals surface area contributed by atoms with Crippen LogP contribution in [0.4, 0.5) is 0 Å². The minimum Gasteiger partial charge on any atom is -0.377 e. The van der Waals surface area contributed by atoms with Gasteiger partial charge in [-0.2, -0.15) is 4.98 Å². The van der Waals surface area contributed by atoms with E-state index in [1.807, 2.05) is 0 Å². The van der Waals surface area contributed by atoms with Crippen LogP contribution in [0.2, 0.25) is 0 Å². The van der Waals surface area contributed by atoms with Crippen LogP contribution in [-0.4, -0.2) is 41.9 Å². The fourth-order valence-corrected chi connectivity index (χ4v) is 3.73. The zero-order valence-electron chi connectivity index (χ0n) is 13.7. The molecule has 3 rings (SSSR count). The van der Waals surface area contributed by atoms with Crippen LogP contribution in [0.1, 0.15) is 38.4 Å². The number of guanidine groups is 1. The summed E-state index contributed by atoms with van der Waals surface area (Å²) in [5.41, 5.74) is 0.117. The van der Waals surface area contributed by atoms with Crippen molar-refractivity contribution in [3.8, 4) is 0 Å². The normalized spacial score (nSPS) is 30.4. The molecule has 0 radical (unpaired) electrons. The monoisotopic (exact) mass is 307 g/mol. The van der Waals surface area contributed by atoms with Gasteiger partial charge in [-0.25, -0.2) is 0 Å². The van der Waals surface area contributed by atoms with Gasteiger partial charge in [0, 0.05) is 38.0 Å². The second kappa shape index (κ2) is 5.87. The Hall–Kier alpha value is -1.63. The first-order valence-electron chi connectivity index (χ1n) is 7.90. The molecule has 2 fully saturated rings. The zero-order valence-corrected chi connectivity index (χ0v) is 13.7. The number of aryl methyl sites for hydroxylation is 1. The van der Waals surface area contributed by atoms with Crippen LogP contribution in [0.5, 0.6) is 0 Å². The molecule has 2 N–H and O–H groups in total. The molecule has 0 bridgehead atoms. The van der Waals surface area contributed by atoms with Crippen molar-refractivity contribution in [2.24, 2.45) is 16.3 Å². The molecule has 122 valence electrons. The van der Waals surface area contributed by atoms with E-state index in [1.165, 1.54) is 6.42 Å². The molecule has 1 aliphatic heterocycles. The van der Waals surface area contributed by atoms with Gasteiger partial charge < -0.3 is 19.9 Å². The molecule has 1 aromatic heterocycles. The molecule has 0 aromatic carbocycles. The summed E-state index contributed by atoms with van der Waals surface area (Å²) < 4.78 is 10.9. The maximum atomic E-state index is 5.94. The van der Waals surface area contributed by atoms with E-state index in [9.17, 15) is 0 Å². The van der Waals surface area contributed by atoms with Gasteiger partial charge in [0.1, 0.15) is 0 Å². The van der Waals surface area contributed by atoms with Gasteiger partial charge in [-0.15, -0.1) is 0 Å². The summed E-state index contributed by atoms with van der Waals surface area (Å²) in [5, 5.41) is 10.7. The lowest BCUT2D eigenvalue weighted by molar-refractivity contribution is -0.188. The van der Waals surface area contributed by atoms with Crippen molar-refractivity contribution in [1.82, 2.24) is 20.8 Å². The quantitative estimate of drug-likeness (QED) is 0.646. The van der Waals surface area contributed by atoms with Gasteiger partial charge in [0.15, 0.2) is 11.8 Å². The summed E-state index contributed by atoms with van der Waals surface area (Å²) in [6.07, 6.45) is 2.72. The highest BCUT2D eigenvalue weighted by molar-refractivity contribution is 5.80. The average molecular weight is 307 g/mol. The van der Waals surface area contributed by atoms with E-state index < -0.39 is 0 Å². The number of ether oxygens (including phenoxy) is 1. The van der Waals surface area contributed by atoms with Crippen LogP contribution >= 0.6 is 0 Å². The molecule has 1 aliphatic carbocycles. The first-order valence-corrected chi connectivity index (χ1v) is 7.90. The highest BCUT2D eigenvalue weighted by Crippen LogP contribution is 2.51. The summed E-state index contributed by atoms with van der Waals surface area (Å²) in [4.78, 5) is 8.48. The maximum absolute atomic E-state index is 5.94. The molecule has 22 heavy (non-hydrogen) atoms. The van der Waals surface area contributed by atoms with Gasteiger partial charge in [-0.3, -0.25) is 4.99 Å². The lowest BCUT2D eigenvalue weighted by atomic mass is 9.55. The third-order valence-electron chi connectivity index (χ3n) is 4.83. The molecule has 3 unspecified atom stereocenters. The van der Waals surface area contributed by atoms with E-state index in [0.29, 0.717) is 36.3 Å². The molecule has 7 heteroatoms. The summed E-state index contributed by atoms with van der Waals surface area (Å²) >= 11 is 0. The molecule has 2 aliphatic rings. The largest absolute Gasteiger partial charge is 0.377 e. The first kappa shape index (κ1) is 15.3. The van der Waals surface area contributed by atoms with Crippen molar-refractivity contribution in [2.75, 3.05) is 13.7 Å². The van der Waals surface area contributed by atoms with Crippen LogP contribution in [0.15, 0.2) is 9.52 Å². The van der Waals surface area contributed by atoms with Crippen molar-refractivity contribution in [2.45, 2.75) is 52.3 Å². The lowest BCUT2D eigenvalue weighted by Crippen LogP contribution is -2.71. The molecular weight excluding hydrogens is 282 g/mol. The van der Waals surface area contributed by atoms with Crippen molar-refractivity contribution >= 4 is 5.96 Å². The first-order chi connectivity index (χ1) is 10.5. The number of aliphatic imine (C=N–C) groups is 1. The van der Waals surface area contributed by atoms with Gasteiger partial charge in [-0.1, -0.05) is 19.0 Å². The van der Waals surface area contributed by atoms with Crippen molar-refractivity contribution in [3.05, 3.63) is 11.7 Å². The maximum Gasteiger partial charge on any atom is 0.223 e. The van der Waals surface area contributed by atoms with Crippen LogP contribution < -0.4 is 10.6 Å². The van der Waals surface area contributed by atoms with E-state index in [1.54, 1.807) is 14.0 Å². The molecule has 1 saturated heterocycles. The highest BCUT2D eigenvalue weighted by Gasteiger charge is 2.58. The summed E-state index contributed by atoms with van der Waals surface area (Å²) in [5.74, 6) is 2.54. The average Bonchev–Trinajstić information content (AvgIpc) is 2.93. The Labute approximate surface area is 130 Å². The second-order valence-corrected chi connectivity index (χ2v) is 6.70. The summed E-state index contributed by atoms with van der Waals surface area (Å²) in [7, 11) is 1.78. The van der Waals surface area contributed by atoms with E-state index >= 15 is 0 Å². The topological polar surface area (TPSA) is 84.6 Å². The second-order valence-electron chi connectivity index (χ2n) is 6.70. The van der Waals surface area contributed by atoms with Gasteiger partial charge in [-0.05, 0) is 12.8 Å². The molecule has 0 amide bonds. The standard InChI is InChI=1S/C15H25N5O2/c1-9-18-11(20-22-9)8-17-14(16-4)19-12-10-6-5-7-21-13(10)15(12,2)3/h10,12-13H,5-8H2,1-4H3,(H2,16,17,19). The fourth-order valence-electron chi connectivity index (χ4n) is 3.73. The highest BCUT2D eigenvalue weighted by atomic mass is 16.5. The molecule has 1 aromatic rings. The fraction of sp³-hybridized carbons (Fsp3) is 0.800. The van der Waals surface area contributed by atoms with Gasteiger partial charge in [0.2, 0.25) is 5.89 Å². The Morgan fingerprint density at radius 3 is 2.95 bits per heavy atom. The summed E-state index contributed by atoms with van der Waals surface area (Å²) in [6, 6.07) is 0.371. The van der Waals surface area contributed by atoms with E-state index in [2.05, 4.69) is 39.6 Å².